The summed E-state index contributed by atoms with van der Waals surface area (Å²) in [6.07, 6.45) is 1.32. The maximum absolute atomic E-state index is 13.0. The molecule has 6 nitrogen and oxygen atoms in total. The van der Waals surface area contributed by atoms with Crippen molar-refractivity contribution in [3.8, 4) is 11.1 Å². The Bertz CT molecular complexity index is 1150. The van der Waals surface area contributed by atoms with Gasteiger partial charge in [0.2, 0.25) is 0 Å². The number of rotatable bonds is 4. The lowest BCUT2D eigenvalue weighted by Gasteiger charge is -2.36. The van der Waals surface area contributed by atoms with Crippen molar-refractivity contribution in [1.29, 1.82) is 0 Å². The number of hydrogen-bond donors (Lipinski definition) is 0. The zero-order valence-corrected chi connectivity index (χ0v) is 18.3. The van der Waals surface area contributed by atoms with Crippen LogP contribution in [0, 0.1) is 0 Å². The SMILES string of the molecule is O=C(c1ccc(-c2ccccc2)cc1)N1CCC(N2CC(=O)N(c3ccccc3)C2=O)CC1. The predicted octanol–water partition coefficient (Wildman–Crippen LogP) is 4.43. The van der Waals surface area contributed by atoms with Crippen molar-refractivity contribution in [3.63, 3.8) is 0 Å². The van der Waals surface area contributed by atoms with Crippen LogP contribution in [-0.4, -0.2) is 53.3 Å². The summed E-state index contributed by atoms with van der Waals surface area (Å²) in [6, 6.07) is 26.5. The van der Waals surface area contributed by atoms with Gasteiger partial charge in [0.15, 0.2) is 0 Å². The highest BCUT2D eigenvalue weighted by Crippen LogP contribution is 2.27. The van der Waals surface area contributed by atoms with E-state index in [1.165, 1.54) is 4.90 Å². The third kappa shape index (κ3) is 4.12. The Kier molecular flexibility index (Phi) is 5.65. The molecule has 6 heteroatoms. The summed E-state index contributed by atoms with van der Waals surface area (Å²) in [5.74, 6) is -0.203. The van der Waals surface area contributed by atoms with Gasteiger partial charge in [-0.1, -0.05) is 60.7 Å². The fraction of sp³-hybridized carbons (Fsp3) is 0.222. The molecule has 0 spiro atoms. The van der Waals surface area contributed by atoms with Gasteiger partial charge in [-0.2, -0.15) is 0 Å². The Hall–Kier alpha value is -3.93. The molecule has 0 atom stereocenters. The monoisotopic (exact) mass is 439 g/mol. The summed E-state index contributed by atoms with van der Waals surface area (Å²) in [7, 11) is 0. The van der Waals surface area contributed by atoms with Gasteiger partial charge in [-0.05, 0) is 48.2 Å². The van der Waals surface area contributed by atoms with Crippen LogP contribution in [0.4, 0.5) is 10.5 Å². The molecule has 0 aliphatic carbocycles. The van der Waals surface area contributed by atoms with Crippen LogP contribution in [-0.2, 0) is 4.79 Å². The number of carbonyl (C=O) groups excluding carboxylic acids is 3. The van der Waals surface area contributed by atoms with Crippen LogP contribution in [0.25, 0.3) is 11.1 Å². The molecule has 166 valence electrons. The Morgan fingerprint density at radius 1 is 0.727 bits per heavy atom. The highest BCUT2D eigenvalue weighted by atomic mass is 16.2. The normalized spacial score (nSPS) is 17.0. The molecule has 0 unspecified atom stereocenters. The fourth-order valence-corrected chi connectivity index (χ4v) is 4.64. The van der Waals surface area contributed by atoms with Gasteiger partial charge in [-0.15, -0.1) is 0 Å². The van der Waals surface area contributed by atoms with Crippen molar-refractivity contribution < 1.29 is 14.4 Å². The van der Waals surface area contributed by atoms with E-state index in [1.54, 1.807) is 17.0 Å². The number of anilines is 1. The van der Waals surface area contributed by atoms with Gasteiger partial charge in [0.25, 0.3) is 11.8 Å². The fourth-order valence-electron chi connectivity index (χ4n) is 4.64. The Balaban J connectivity index is 1.21. The number of nitrogens with zero attached hydrogens (tertiary/aromatic N) is 3. The van der Waals surface area contributed by atoms with Gasteiger partial charge in [0.05, 0.1) is 5.69 Å². The van der Waals surface area contributed by atoms with Crippen LogP contribution in [0.5, 0.6) is 0 Å². The quantitative estimate of drug-likeness (QED) is 0.565. The van der Waals surface area contributed by atoms with Crippen LogP contribution >= 0.6 is 0 Å². The summed E-state index contributed by atoms with van der Waals surface area (Å²) in [5, 5.41) is 0. The summed E-state index contributed by atoms with van der Waals surface area (Å²) >= 11 is 0. The topological polar surface area (TPSA) is 60.9 Å². The molecule has 2 saturated heterocycles. The molecule has 2 aliphatic heterocycles. The lowest BCUT2D eigenvalue weighted by Crippen LogP contribution is -2.48. The Morgan fingerprint density at radius 3 is 1.94 bits per heavy atom. The van der Waals surface area contributed by atoms with Crippen molar-refractivity contribution >= 4 is 23.5 Å². The van der Waals surface area contributed by atoms with Crippen LogP contribution < -0.4 is 4.90 Å². The number of benzene rings is 3. The molecule has 4 amide bonds. The van der Waals surface area contributed by atoms with E-state index in [0.29, 0.717) is 37.2 Å². The number of para-hydroxylation sites is 1. The van der Waals surface area contributed by atoms with E-state index in [0.717, 1.165) is 11.1 Å². The average Bonchev–Trinajstić information content (AvgIpc) is 3.18. The van der Waals surface area contributed by atoms with Gasteiger partial charge in [-0.3, -0.25) is 9.59 Å². The lowest BCUT2D eigenvalue weighted by atomic mass is 10.0. The third-order valence-corrected chi connectivity index (χ3v) is 6.44. The van der Waals surface area contributed by atoms with Crippen LogP contribution in [0.3, 0.4) is 0 Å². The highest BCUT2D eigenvalue weighted by molar-refractivity contribution is 6.19. The molecule has 2 fully saturated rings. The van der Waals surface area contributed by atoms with Crippen LogP contribution in [0.1, 0.15) is 23.2 Å². The van der Waals surface area contributed by atoms with Gasteiger partial charge in [0, 0.05) is 24.7 Å². The summed E-state index contributed by atoms with van der Waals surface area (Å²) in [5.41, 5.74) is 3.45. The summed E-state index contributed by atoms with van der Waals surface area (Å²) in [4.78, 5) is 43.2. The second-order valence-electron chi connectivity index (χ2n) is 8.44. The Labute approximate surface area is 193 Å². The van der Waals surface area contributed by atoms with Gasteiger partial charge < -0.3 is 9.80 Å². The number of piperidine rings is 1. The predicted molar refractivity (Wildman–Crippen MR) is 127 cm³/mol. The largest absolute Gasteiger partial charge is 0.338 e. The first-order valence-corrected chi connectivity index (χ1v) is 11.3. The van der Waals surface area contributed by atoms with Gasteiger partial charge in [0.1, 0.15) is 6.54 Å². The van der Waals surface area contributed by atoms with E-state index in [1.807, 2.05) is 77.7 Å². The van der Waals surface area contributed by atoms with E-state index in [4.69, 9.17) is 0 Å². The van der Waals surface area contributed by atoms with E-state index < -0.39 is 0 Å². The van der Waals surface area contributed by atoms with E-state index in [-0.39, 0.29) is 30.4 Å². The second-order valence-corrected chi connectivity index (χ2v) is 8.44. The average molecular weight is 440 g/mol. The molecule has 0 aromatic heterocycles. The summed E-state index contributed by atoms with van der Waals surface area (Å²) < 4.78 is 0. The Morgan fingerprint density at radius 2 is 1.30 bits per heavy atom. The molecule has 2 aliphatic rings. The molecule has 0 radical (unpaired) electrons. The van der Waals surface area contributed by atoms with Crippen molar-refractivity contribution in [3.05, 3.63) is 90.5 Å². The number of imide groups is 1. The molecule has 33 heavy (non-hydrogen) atoms. The maximum Gasteiger partial charge on any atom is 0.332 e. The van der Waals surface area contributed by atoms with Gasteiger partial charge >= 0.3 is 6.03 Å². The van der Waals surface area contributed by atoms with Crippen molar-refractivity contribution in [2.75, 3.05) is 24.5 Å². The number of likely N-dealkylation sites (tertiary alicyclic amines) is 1. The minimum atomic E-state index is -0.271. The molecular weight excluding hydrogens is 414 g/mol. The zero-order valence-electron chi connectivity index (χ0n) is 18.3. The maximum atomic E-state index is 13.0. The van der Waals surface area contributed by atoms with Crippen molar-refractivity contribution in [1.82, 2.24) is 9.80 Å². The minimum absolute atomic E-state index is 0.00259. The zero-order chi connectivity index (χ0) is 22.8. The van der Waals surface area contributed by atoms with E-state index >= 15 is 0 Å². The van der Waals surface area contributed by atoms with Gasteiger partial charge in [-0.25, -0.2) is 9.69 Å². The number of urea groups is 1. The second kappa shape index (κ2) is 8.90. The minimum Gasteiger partial charge on any atom is -0.338 e. The van der Waals surface area contributed by atoms with E-state index in [2.05, 4.69) is 0 Å². The molecule has 0 N–H and O–H groups in total. The van der Waals surface area contributed by atoms with Crippen LogP contribution in [0.2, 0.25) is 0 Å². The first-order chi connectivity index (χ1) is 16.1. The standard InChI is InChI=1S/C27H25N3O3/c31-25-19-29(27(33)30(25)24-9-5-2-6-10-24)23-15-17-28(18-16-23)26(32)22-13-11-21(12-14-22)20-7-3-1-4-8-20/h1-14,23H,15-19H2. The van der Waals surface area contributed by atoms with Crippen LogP contribution in [0.15, 0.2) is 84.9 Å². The third-order valence-electron chi connectivity index (χ3n) is 6.44. The smallest absolute Gasteiger partial charge is 0.332 e. The number of hydrogen-bond acceptors (Lipinski definition) is 3. The summed E-state index contributed by atoms with van der Waals surface area (Å²) in [6.45, 7) is 1.22. The highest BCUT2D eigenvalue weighted by Gasteiger charge is 2.41. The molecule has 3 aromatic carbocycles. The first kappa shape index (κ1) is 20.9. The molecular formula is C27H25N3O3. The van der Waals surface area contributed by atoms with E-state index in [9.17, 15) is 14.4 Å². The first-order valence-electron chi connectivity index (χ1n) is 11.3. The molecule has 0 saturated carbocycles. The lowest BCUT2D eigenvalue weighted by molar-refractivity contribution is -0.116. The number of amides is 4. The molecule has 3 aromatic rings. The van der Waals surface area contributed by atoms with Crippen molar-refractivity contribution in [2.45, 2.75) is 18.9 Å². The molecule has 2 heterocycles. The molecule has 5 rings (SSSR count). The molecule has 0 bridgehead atoms. The number of carbonyl (C=O) groups is 3. The van der Waals surface area contributed by atoms with Crippen molar-refractivity contribution in [2.24, 2.45) is 0 Å².